The molecule has 0 unspecified atom stereocenters. The predicted octanol–water partition coefficient (Wildman–Crippen LogP) is 2.86. The lowest BCUT2D eigenvalue weighted by Crippen LogP contribution is -2.38. The fourth-order valence-corrected chi connectivity index (χ4v) is 2.73. The van der Waals surface area contributed by atoms with E-state index in [4.69, 9.17) is 4.74 Å². The van der Waals surface area contributed by atoms with Crippen LogP contribution in [0.25, 0.3) is 0 Å². The third-order valence-electron chi connectivity index (χ3n) is 3.82. The highest BCUT2D eigenvalue weighted by Crippen LogP contribution is 2.14. The van der Waals surface area contributed by atoms with Crippen molar-refractivity contribution < 1.29 is 9.84 Å². The smallest absolute Gasteiger partial charge is 0.119 e. The molecule has 20 heavy (non-hydrogen) atoms. The Labute approximate surface area is 122 Å². The molecule has 0 spiro atoms. The largest absolute Gasteiger partial charge is 0.491 e. The fraction of sp³-hybridized carbons (Fsp3) is 0.647. The van der Waals surface area contributed by atoms with Crippen LogP contribution < -0.4 is 4.74 Å². The highest BCUT2D eigenvalue weighted by atomic mass is 16.5. The van der Waals surface area contributed by atoms with Gasteiger partial charge in [0.05, 0.1) is 0 Å². The topological polar surface area (TPSA) is 32.7 Å². The minimum atomic E-state index is -0.400. The number of β-amino-alcohol motifs (C(OH)–C–C–N with tert-alkyl or cyclic N) is 1. The molecular weight excluding hydrogens is 250 g/mol. The third-order valence-corrected chi connectivity index (χ3v) is 3.82. The molecule has 0 aromatic heterocycles. The number of benzene rings is 1. The van der Waals surface area contributed by atoms with Crippen LogP contribution in [0.1, 0.15) is 38.2 Å². The molecule has 2 rings (SSSR count). The molecule has 0 radical (unpaired) electrons. The molecule has 1 fully saturated rings. The van der Waals surface area contributed by atoms with Crippen molar-refractivity contribution >= 4 is 0 Å². The van der Waals surface area contributed by atoms with Gasteiger partial charge in [0, 0.05) is 6.54 Å². The molecule has 0 bridgehead atoms. The monoisotopic (exact) mass is 277 g/mol. The second-order valence-electron chi connectivity index (χ2n) is 5.72. The summed E-state index contributed by atoms with van der Waals surface area (Å²) in [5, 5.41) is 10.0. The van der Waals surface area contributed by atoms with Gasteiger partial charge in [-0.2, -0.15) is 0 Å². The first-order valence-electron chi connectivity index (χ1n) is 7.90. The summed E-state index contributed by atoms with van der Waals surface area (Å²) in [6.45, 7) is 5.52. The molecule has 112 valence electrons. The Bertz CT molecular complexity index is 371. The van der Waals surface area contributed by atoms with Crippen molar-refractivity contribution in [3.05, 3.63) is 29.8 Å². The summed E-state index contributed by atoms with van der Waals surface area (Å²) in [4.78, 5) is 2.34. The number of ether oxygens (including phenoxy) is 1. The molecule has 1 aliphatic heterocycles. The minimum absolute atomic E-state index is 0.379. The molecule has 1 heterocycles. The summed E-state index contributed by atoms with van der Waals surface area (Å²) < 4.78 is 5.67. The summed E-state index contributed by atoms with van der Waals surface area (Å²) in [5.41, 5.74) is 1.34. The number of nitrogens with zero attached hydrogens (tertiary/aromatic N) is 1. The quantitative estimate of drug-likeness (QED) is 0.832. The van der Waals surface area contributed by atoms with Crippen LogP contribution >= 0.6 is 0 Å². The zero-order valence-electron chi connectivity index (χ0n) is 12.6. The number of likely N-dealkylation sites (tertiary alicyclic amines) is 1. The SMILES string of the molecule is CCCc1ccc(OC[C@H](O)CN2CCCCC2)cc1. The lowest BCUT2D eigenvalue weighted by molar-refractivity contribution is 0.0617. The average molecular weight is 277 g/mol. The van der Waals surface area contributed by atoms with Crippen molar-refractivity contribution in [2.45, 2.75) is 45.1 Å². The van der Waals surface area contributed by atoms with Crippen molar-refractivity contribution in [1.82, 2.24) is 4.90 Å². The predicted molar refractivity (Wildman–Crippen MR) is 82.2 cm³/mol. The van der Waals surface area contributed by atoms with Crippen molar-refractivity contribution in [3.63, 3.8) is 0 Å². The van der Waals surface area contributed by atoms with Gasteiger partial charge < -0.3 is 14.7 Å². The van der Waals surface area contributed by atoms with E-state index in [1.165, 1.54) is 24.8 Å². The maximum atomic E-state index is 10.0. The van der Waals surface area contributed by atoms with Gasteiger partial charge in [0.1, 0.15) is 18.5 Å². The van der Waals surface area contributed by atoms with Crippen LogP contribution in [0.4, 0.5) is 0 Å². The highest BCUT2D eigenvalue weighted by Gasteiger charge is 2.14. The first-order valence-corrected chi connectivity index (χ1v) is 7.90. The van der Waals surface area contributed by atoms with E-state index < -0.39 is 6.10 Å². The molecule has 1 aromatic carbocycles. The van der Waals surface area contributed by atoms with Gasteiger partial charge in [-0.3, -0.25) is 0 Å². The number of rotatable bonds is 7. The van der Waals surface area contributed by atoms with E-state index in [0.717, 1.165) is 38.2 Å². The van der Waals surface area contributed by atoms with Gasteiger partial charge in [-0.05, 0) is 50.0 Å². The second-order valence-corrected chi connectivity index (χ2v) is 5.72. The number of aliphatic hydroxyl groups is 1. The number of hydrogen-bond acceptors (Lipinski definition) is 3. The van der Waals surface area contributed by atoms with Crippen LogP contribution in [-0.2, 0) is 6.42 Å². The molecule has 1 aliphatic rings. The molecule has 0 amide bonds. The van der Waals surface area contributed by atoms with Crippen molar-refractivity contribution in [2.75, 3.05) is 26.2 Å². The summed E-state index contributed by atoms with van der Waals surface area (Å²) in [6.07, 6.45) is 5.71. The van der Waals surface area contributed by atoms with Crippen LogP contribution in [0.2, 0.25) is 0 Å². The lowest BCUT2D eigenvalue weighted by atomic mass is 10.1. The third kappa shape index (κ3) is 5.14. The van der Waals surface area contributed by atoms with Crippen LogP contribution in [0.5, 0.6) is 5.75 Å². The second kappa shape index (κ2) is 8.28. The molecule has 3 nitrogen and oxygen atoms in total. The van der Waals surface area contributed by atoms with E-state index in [2.05, 4.69) is 24.0 Å². The summed E-state index contributed by atoms with van der Waals surface area (Å²) in [5.74, 6) is 0.850. The van der Waals surface area contributed by atoms with Crippen LogP contribution in [-0.4, -0.2) is 42.4 Å². The fourth-order valence-electron chi connectivity index (χ4n) is 2.73. The van der Waals surface area contributed by atoms with E-state index in [1.807, 2.05) is 12.1 Å². The van der Waals surface area contributed by atoms with Gasteiger partial charge in [0.25, 0.3) is 0 Å². The Hall–Kier alpha value is -1.06. The number of aryl methyl sites for hydroxylation is 1. The summed E-state index contributed by atoms with van der Waals surface area (Å²) in [6, 6.07) is 8.21. The van der Waals surface area contributed by atoms with E-state index >= 15 is 0 Å². The molecular formula is C17H27NO2. The van der Waals surface area contributed by atoms with E-state index in [9.17, 15) is 5.11 Å². The van der Waals surface area contributed by atoms with Gasteiger partial charge in [-0.1, -0.05) is 31.9 Å². The zero-order chi connectivity index (χ0) is 14.2. The molecule has 0 aliphatic carbocycles. The molecule has 1 N–H and O–H groups in total. The van der Waals surface area contributed by atoms with Crippen molar-refractivity contribution in [3.8, 4) is 5.75 Å². The highest BCUT2D eigenvalue weighted by molar-refractivity contribution is 5.27. The number of hydrogen-bond donors (Lipinski definition) is 1. The normalized spacial score (nSPS) is 17.9. The number of aliphatic hydroxyl groups excluding tert-OH is 1. The molecule has 1 aromatic rings. The first-order chi connectivity index (χ1) is 9.78. The number of piperidine rings is 1. The molecule has 0 saturated carbocycles. The van der Waals surface area contributed by atoms with Crippen molar-refractivity contribution in [1.29, 1.82) is 0 Å². The van der Waals surface area contributed by atoms with Crippen molar-refractivity contribution in [2.24, 2.45) is 0 Å². The molecule has 3 heteroatoms. The standard InChI is InChI=1S/C17H27NO2/c1-2-6-15-7-9-17(10-8-15)20-14-16(19)13-18-11-4-3-5-12-18/h7-10,16,19H,2-6,11-14H2,1H3/t16-/m1/s1. The van der Waals surface area contributed by atoms with E-state index in [-0.39, 0.29) is 0 Å². The van der Waals surface area contributed by atoms with Gasteiger partial charge in [-0.25, -0.2) is 0 Å². The van der Waals surface area contributed by atoms with E-state index in [0.29, 0.717) is 6.61 Å². The molecule has 1 atom stereocenters. The Morgan fingerprint density at radius 1 is 1.15 bits per heavy atom. The Morgan fingerprint density at radius 2 is 1.85 bits per heavy atom. The van der Waals surface area contributed by atoms with Crippen LogP contribution in [0.3, 0.4) is 0 Å². The lowest BCUT2D eigenvalue weighted by Gasteiger charge is -2.28. The average Bonchev–Trinajstić information content (AvgIpc) is 2.48. The van der Waals surface area contributed by atoms with E-state index in [1.54, 1.807) is 0 Å². The maximum absolute atomic E-state index is 10.0. The Morgan fingerprint density at radius 3 is 2.50 bits per heavy atom. The van der Waals surface area contributed by atoms with Crippen LogP contribution in [0.15, 0.2) is 24.3 Å². The summed E-state index contributed by atoms with van der Waals surface area (Å²) in [7, 11) is 0. The zero-order valence-corrected chi connectivity index (χ0v) is 12.6. The first kappa shape index (κ1) is 15.3. The molecule has 1 saturated heterocycles. The maximum Gasteiger partial charge on any atom is 0.119 e. The van der Waals surface area contributed by atoms with Crippen LogP contribution in [0, 0.1) is 0 Å². The summed E-state index contributed by atoms with van der Waals surface area (Å²) >= 11 is 0. The van der Waals surface area contributed by atoms with Gasteiger partial charge in [0.2, 0.25) is 0 Å². The van der Waals surface area contributed by atoms with Gasteiger partial charge >= 0.3 is 0 Å². The Kier molecular flexibility index (Phi) is 6.34. The minimum Gasteiger partial charge on any atom is -0.491 e. The Balaban J connectivity index is 1.70. The van der Waals surface area contributed by atoms with Gasteiger partial charge in [0.15, 0.2) is 0 Å². The van der Waals surface area contributed by atoms with Gasteiger partial charge in [-0.15, -0.1) is 0 Å².